The Morgan fingerprint density at radius 3 is 2.45 bits per heavy atom. The van der Waals surface area contributed by atoms with Gasteiger partial charge in [0.15, 0.2) is 0 Å². The molecule has 0 unspecified atom stereocenters. The first-order valence-corrected chi connectivity index (χ1v) is 4.04. The number of hydrogen-bond donors (Lipinski definition) is 0. The quantitative estimate of drug-likeness (QED) is 0.627. The Labute approximate surface area is 76.4 Å². The summed E-state index contributed by atoms with van der Waals surface area (Å²) >= 11 is 11.0. The van der Waals surface area contributed by atoms with E-state index in [-0.39, 0.29) is 0 Å². The normalized spacial score (nSPS) is 9.36. The van der Waals surface area contributed by atoms with Crippen molar-refractivity contribution in [2.24, 2.45) is 0 Å². The van der Waals surface area contributed by atoms with E-state index < -0.39 is 0 Å². The van der Waals surface area contributed by atoms with Crippen LogP contribution in [0.4, 0.5) is 0 Å². The van der Waals surface area contributed by atoms with Crippen molar-refractivity contribution in [1.29, 1.82) is 0 Å². The molecule has 1 aromatic rings. The van der Waals surface area contributed by atoms with E-state index in [9.17, 15) is 0 Å². The maximum Gasteiger partial charge on any atom is 0.107 e. The second kappa shape index (κ2) is 3.80. The maximum atomic E-state index is 5.51. The highest BCUT2D eigenvalue weighted by Crippen LogP contribution is 2.16. The first-order valence-electron chi connectivity index (χ1n) is 3.28. The van der Waals surface area contributed by atoms with E-state index in [1.807, 2.05) is 31.2 Å². The van der Waals surface area contributed by atoms with Crippen molar-refractivity contribution in [3.8, 4) is 0 Å². The fraction of sp³-hybridized carbons (Fsp3) is 0.111. The summed E-state index contributed by atoms with van der Waals surface area (Å²) in [5, 5.41) is 0. The molecule has 0 bridgehead atoms. The lowest BCUT2D eigenvalue weighted by molar-refractivity contribution is 1.44. The third-order valence-corrected chi connectivity index (χ3v) is 1.67. The fourth-order valence-electron chi connectivity index (χ4n) is 0.866. The molecule has 11 heavy (non-hydrogen) atoms. The van der Waals surface area contributed by atoms with Gasteiger partial charge in [-0.25, -0.2) is 0 Å². The van der Waals surface area contributed by atoms with Crippen molar-refractivity contribution >= 4 is 29.3 Å². The van der Waals surface area contributed by atoms with Crippen LogP contribution >= 0.6 is 23.2 Å². The second-order valence-electron chi connectivity index (χ2n) is 2.29. The molecule has 0 aliphatic rings. The van der Waals surface area contributed by atoms with Gasteiger partial charge in [0.1, 0.15) is 4.49 Å². The smallest absolute Gasteiger partial charge is 0.0709 e. The van der Waals surface area contributed by atoms with E-state index in [4.69, 9.17) is 23.2 Å². The minimum absolute atomic E-state index is 0.291. The van der Waals surface area contributed by atoms with E-state index in [0.29, 0.717) is 4.49 Å². The molecule has 0 aliphatic heterocycles. The summed E-state index contributed by atoms with van der Waals surface area (Å²) in [6.45, 7) is 2.02. The van der Waals surface area contributed by atoms with Crippen molar-refractivity contribution < 1.29 is 0 Å². The predicted octanol–water partition coefficient (Wildman–Crippen LogP) is 3.77. The van der Waals surface area contributed by atoms with Crippen LogP contribution in [-0.4, -0.2) is 0 Å². The SMILES string of the molecule is Cc1ccccc1C=C(Cl)Cl. The van der Waals surface area contributed by atoms with Crippen LogP contribution in [0.5, 0.6) is 0 Å². The van der Waals surface area contributed by atoms with Crippen molar-refractivity contribution in [2.75, 3.05) is 0 Å². The lowest BCUT2D eigenvalue weighted by atomic mass is 10.1. The van der Waals surface area contributed by atoms with Gasteiger partial charge < -0.3 is 0 Å². The molecule has 1 aromatic carbocycles. The molecule has 0 spiro atoms. The van der Waals surface area contributed by atoms with Gasteiger partial charge in [0.2, 0.25) is 0 Å². The maximum absolute atomic E-state index is 5.51. The largest absolute Gasteiger partial charge is 0.107 e. The predicted molar refractivity (Wildman–Crippen MR) is 50.9 cm³/mol. The number of hydrogen-bond acceptors (Lipinski definition) is 0. The van der Waals surface area contributed by atoms with Gasteiger partial charge in [0, 0.05) is 0 Å². The number of halogens is 2. The molecule has 0 saturated heterocycles. The van der Waals surface area contributed by atoms with Crippen molar-refractivity contribution in [3.63, 3.8) is 0 Å². The fourth-order valence-corrected chi connectivity index (χ4v) is 1.10. The summed E-state index contributed by atoms with van der Waals surface area (Å²) in [6, 6.07) is 7.92. The molecule has 2 heteroatoms. The van der Waals surface area contributed by atoms with Crippen molar-refractivity contribution in [2.45, 2.75) is 6.92 Å². The first-order chi connectivity index (χ1) is 5.20. The third kappa shape index (κ3) is 2.57. The highest BCUT2D eigenvalue weighted by atomic mass is 35.5. The average molecular weight is 187 g/mol. The Kier molecular flexibility index (Phi) is 2.98. The van der Waals surface area contributed by atoms with Gasteiger partial charge >= 0.3 is 0 Å². The minimum atomic E-state index is 0.291. The van der Waals surface area contributed by atoms with E-state index >= 15 is 0 Å². The zero-order valence-electron chi connectivity index (χ0n) is 6.14. The van der Waals surface area contributed by atoms with E-state index in [1.165, 1.54) is 5.56 Å². The van der Waals surface area contributed by atoms with Gasteiger partial charge in [-0.05, 0) is 24.1 Å². The Bertz CT molecular complexity index is 273. The highest BCUT2D eigenvalue weighted by molar-refractivity contribution is 6.57. The zero-order chi connectivity index (χ0) is 8.27. The lowest BCUT2D eigenvalue weighted by Gasteiger charge is -1.97. The number of benzene rings is 1. The van der Waals surface area contributed by atoms with Crippen LogP contribution < -0.4 is 0 Å². The number of rotatable bonds is 1. The summed E-state index contributed by atoms with van der Waals surface area (Å²) in [6.07, 6.45) is 1.73. The molecule has 1 rings (SSSR count). The van der Waals surface area contributed by atoms with Crippen LogP contribution in [0.15, 0.2) is 28.8 Å². The van der Waals surface area contributed by atoms with Gasteiger partial charge in [0.25, 0.3) is 0 Å². The van der Waals surface area contributed by atoms with Crippen LogP contribution in [0.1, 0.15) is 11.1 Å². The van der Waals surface area contributed by atoms with Crippen LogP contribution in [0.3, 0.4) is 0 Å². The topological polar surface area (TPSA) is 0 Å². The van der Waals surface area contributed by atoms with Crippen LogP contribution in [-0.2, 0) is 0 Å². The van der Waals surface area contributed by atoms with Gasteiger partial charge in [-0.2, -0.15) is 0 Å². The summed E-state index contributed by atoms with van der Waals surface area (Å²) in [5.41, 5.74) is 2.24. The summed E-state index contributed by atoms with van der Waals surface area (Å²) in [5.74, 6) is 0. The Hall–Kier alpha value is -0.460. The molecule has 0 aromatic heterocycles. The molecular formula is C9H8Cl2. The molecule has 0 fully saturated rings. The summed E-state index contributed by atoms with van der Waals surface area (Å²) in [7, 11) is 0. The van der Waals surface area contributed by atoms with E-state index in [2.05, 4.69) is 0 Å². The molecule has 58 valence electrons. The summed E-state index contributed by atoms with van der Waals surface area (Å²) < 4.78 is 0.291. The molecule has 0 amide bonds. The lowest BCUT2D eigenvalue weighted by Crippen LogP contribution is -1.77. The van der Waals surface area contributed by atoms with Gasteiger partial charge in [-0.1, -0.05) is 47.5 Å². The van der Waals surface area contributed by atoms with Gasteiger partial charge in [-0.3, -0.25) is 0 Å². The molecule has 0 saturated carbocycles. The summed E-state index contributed by atoms with van der Waals surface area (Å²) in [4.78, 5) is 0. The van der Waals surface area contributed by atoms with Crippen molar-refractivity contribution in [1.82, 2.24) is 0 Å². The standard InChI is InChI=1S/C9H8Cl2/c1-7-4-2-3-5-8(7)6-9(10)11/h2-6H,1H3. The van der Waals surface area contributed by atoms with Crippen LogP contribution in [0.2, 0.25) is 0 Å². The molecule has 0 radical (unpaired) electrons. The molecular weight excluding hydrogens is 179 g/mol. The second-order valence-corrected chi connectivity index (χ2v) is 3.30. The Morgan fingerprint density at radius 1 is 1.27 bits per heavy atom. The van der Waals surface area contributed by atoms with Crippen LogP contribution in [0, 0.1) is 6.92 Å². The van der Waals surface area contributed by atoms with E-state index in [1.54, 1.807) is 6.08 Å². The van der Waals surface area contributed by atoms with E-state index in [0.717, 1.165) is 5.56 Å². The Morgan fingerprint density at radius 2 is 1.91 bits per heavy atom. The minimum Gasteiger partial charge on any atom is -0.0709 e. The third-order valence-electron chi connectivity index (χ3n) is 1.45. The molecule has 0 atom stereocenters. The van der Waals surface area contributed by atoms with Crippen molar-refractivity contribution in [3.05, 3.63) is 39.9 Å². The van der Waals surface area contributed by atoms with Gasteiger partial charge in [0.05, 0.1) is 0 Å². The molecule has 0 aliphatic carbocycles. The highest BCUT2D eigenvalue weighted by Gasteiger charge is 1.92. The Balaban J connectivity index is 3.04. The molecule has 0 nitrogen and oxygen atoms in total. The average Bonchev–Trinajstić information content (AvgIpc) is 1.93. The monoisotopic (exact) mass is 186 g/mol. The molecule has 0 N–H and O–H groups in total. The van der Waals surface area contributed by atoms with Crippen LogP contribution in [0.25, 0.3) is 6.08 Å². The first kappa shape index (κ1) is 8.63. The molecule has 0 heterocycles. The number of aryl methyl sites for hydroxylation is 1. The van der Waals surface area contributed by atoms with Gasteiger partial charge in [-0.15, -0.1) is 0 Å². The zero-order valence-corrected chi connectivity index (χ0v) is 7.65.